The maximum atomic E-state index is 9.70. The molecule has 2 aromatic rings. The van der Waals surface area contributed by atoms with Crippen LogP contribution in [0.3, 0.4) is 0 Å². The summed E-state index contributed by atoms with van der Waals surface area (Å²) in [6.45, 7) is 1.95. The zero-order valence-corrected chi connectivity index (χ0v) is 9.96. The number of rotatable bonds is 4. The molecule has 0 amide bonds. The Morgan fingerprint density at radius 3 is 2.33 bits per heavy atom. The summed E-state index contributed by atoms with van der Waals surface area (Å²) in [5.74, 6) is 0.446. The molecule has 2 rings (SSSR count). The average Bonchev–Trinajstić information content (AvgIpc) is 2.39. The molecule has 18 heavy (non-hydrogen) atoms. The molecule has 2 N–H and O–H groups in total. The lowest BCUT2D eigenvalue weighted by molar-refractivity contribution is -0.104. The van der Waals surface area contributed by atoms with E-state index in [-0.39, 0.29) is 23.0 Å². The van der Waals surface area contributed by atoms with E-state index in [1.165, 1.54) is 12.1 Å². The van der Waals surface area contributed by atoms with Gasteiger partial charge in [0.05, 0.1) is 0 Å². The molecule has 0 radical (unpaired) electrons. The van der Waals surface area contributed by atoms with E-state index in [0.29, 0.717) is 6.42 Å². The van der Waals surface area contributed by atoms with Crippen LogP contribution >= 0.6 is 0 Å². The molecule has 0 unspecified atom stereocenters. The van der Waals surface area contributed by atoms with Gasteiger partial charge < -0.3 is 10.2 Å². The Hall–Kier alpha value is -2.36. The van der Waals surface area contributed by atoms with Crippen LogP contribution in [0.25, 0.3) is 0 Å². The Bertz CT molecular complexity index is 537. The van der Waals surface area contributed by atoms with Gasteiger partial charge in [-0.3, -0.25) is 9.78 Å². The molecule has 0 fully saturated rings. The van der Waals surface area contributed by atoms with Gasteiger partial charge in [-0.2, -0.15) is 0 Å². The van der Waals surface area contributed by atoms with Crippen molar-refractivity contribution in [3.63, 3.8) is 0 Å². The highest BCUT2D eigenvalue weighted by Gasteiger charge is 2.11. The number of aryl methyl sites for hydroxylation is 1. The number of phenols is 2. The lowest BCUT2D eigenvalue weighted by Gasteiger charge is -2.11. The molecular formula is C14H14O4. The summed E-state index contributed by atoms with van der Waals surface area (Å²) in [5, 5.41) is 19.2. The summed E-state index contributed by atoms with van der Waals surface area (Å²) in [5.41, 5.74) is 0.824. The molecule has 0 aromatic heterocycles. The molecule has 4 heteroatoms. The molecule has 0 bridgehead atoms. The van der Waals surface area contributed by atoms with Gasteiger partial charge in [-0.1, -0.05) is 31.2 Å². The van der Waals surface area contributed by atoms with E-state index in [1.807, 2.05) is 13.0 Å². The SMILES string of the molecule is CCc1cccc(O)c1OOc1ccccc1O. The zero-order chi connectivity index (χ0) is 13.0. The summed E-state index contributed by atoms with van der Waals surface area (Å²) in [6, 6.07) is 11.5. The minimum Gasteiger partial charge on any atom is -0.504 e. The molecule has 0 heterocycles. The molecule has 94 valence electrons. The van der Waals surface area contributed by atoms with Gasteiger partial charge in [-0.25, -0.2) is 0 Å². The van der Waals surface area contributed by atoms with Gasteiger partial charge in [0.15, 0.2) is 11.5 Å². The van der Waals surface area contributed by atoms with E-state index < -0.39 is 0 Å². The lowest BCUT2D eigenvalue weighted by atomic mass is 10.1. The molecular weight excluding hydrogens is 232 g/mol. The van der Waals surface area contributed by atoms with Gasteiger partial charge in [-0.05, 0) is 24.6 Å². The molecule has 2 aromatic carbocycles. The third-order valence-electron chi connectivity index (χ3n) is 2.54. The van der Waals surface area contributed by atoms with Gasteiger partial charge in [0, 0.05) is 5.56 Å². The Kier molecular flexibility index (Phi) is 3.57. The van der Waals surface area contributed by atoms with Crippen molar-refractivity contribution in [2.75, 3.05) is 0 Å². The summed E-state index contributed by atoms with van der Waals surface area (Å²) in [7, 11) is 0. The number of hydrogen-bond acceptors (Lipinski definition) is 4. The Morgan fingerprint density at radius 2 is 1.61 bits per heavy atom. The van der Waals surface area contributed by atoms with Gasteiger partial charge in [0.25, 0.3) is 0 Å². The number of benzene rings is 2. The molecule has 0 aliphatic rings. The largest absolute Gasteiger partial charge is 0.504 e. The molecule has 4 nitrogen and oxygen atoms in total. The maximum absolute atomic E-state index is 9.70. The Balaban J connectivity index is 2.18. The summed E-state index contributed by atoms with van der Waals surface area (Å²) >= 11 is 0. The van der Waals surface area contributed by atoms with Crippen molar-refractivity contribution in [2.45, 2.75) is 13.3 Å². The third-order valence-corrected chi connectivity index (χ3v) is 2.54. The Labute approximate surface area is 105 Å². The van der Waals surface area contributed by atoms with Gasteiger partial charge >= 0.3 is 0 Å². The average molecular weight is 246 g/mol. The standard InChI is InChI=1S/C14H14O4/c1-2-10-6-5-8-12(16)14(10)18-17-13-9-4-3-7-11(13)15/h3-9,15-16H,2H2,1H3. The first-order valence-electron chi connectivity index (χ1n) is 5.65. The fourth-order valence-electron chi connectivity index (χ4n) is 1.56. The number of aromatic hydroxyl groups is 2. The molecule has 0 spiro atoms. The highest BCUT2D eigenvalue weighted by molar-refractivity contribution is 5.45. The smallest absolute Gasteiger partial charge is 0.223 e. The van der Waals surface area contributed by atoms with E-state index in [9.17, 15) is 10.2 Å². The van der Waals surface area contributed by atoms with Gasteiger partial charge in [0.1, 0.15) is 0 Å². The first-order valence-corrected chi connectivity index (χ1v) is 5.65. The van der Waals surface area contributed by atoms with Crippen molar-refractivity contribution >= 4 is 0 Å². The van der Waals surface area contributed by atoms with Crippen LogP contribution in [0.15, 0.2) is 42.5 Å². The van der Waals surface area contributed by atoms with E-state index in [1.54, 1.807) is 24.3 Å². The molecule has 0 saturated heterocycles. The van der Waals surface area contributed by atoms with E-state index in [0.717, 1.165) is 5.56 Å². The van der Waals surface area contributed by atoms with E-state index in [4.69, 9.17) is 9.78 Å². The summed E-state index contributed by atoms with van der Waals surface area (Å²) in [4.78, 5) is 10.2. The van der Waals surface area contributed by atoms with Gasteiger partial charge in [0.2, 0.25) is 11.5 Å². The second-order valence-corrected chi connectivity index (χ2v) is 3.75. The lowest BCUT2D eigenvalue weighted by Crippen LogP contribution is -2.03. The first kappa shape index (κ1) is 12.1. The Morgan fingerprint density at radius 1 is 0.889 bits per heavy atom. The van der Waals surface area contributed by atoms with E-state index in [2.05, 4.69) is 0 Å². The predicted molar refractivity (Wildman–Crippen MR) is 66.8 cm³/mol. The van der Waals surface area contributed by atoms with Crippen molar-refractivity contribution in [1.82, 2.24) is 0 Å². The van der Waals surface area contributed by atoms with E-state index >= 15 is 0 Å². The van der Waals surface area contributed by atoms with Crippen LogP contribution in [0.1, 0.15) is 12.5 Å². The van der Waals surface area contributed by atoms with Crippen LogP contribution in [0.4, 0.5) is 0 Å². The third kappa shape index (κ3) is 2.48. The van der Waals surface area contributed by atoms with Gasteiger partial charge in [-0.15, -0.1) is 0 Å². The highest BCUT2D eigenvalue weighted by atomic mass is 17.2. The predicted octanol–water partition coefficient (Wildman–Crippen LogP) is 3.03. The maximum Gasteiger partial charge on any atom is 0.223 e. The minimum atomic E-state index is -0.0223. The molecule has 0 saturated carbocycles. The van der Waals surface area contributed by atoms with Crippen LogP contribution in [0.2, 0.25) is 0 Å². The highest BCUT2D eigenvalue weighted by Crippen LogP contribution is 2.32. The van der Waals surface area contributed by atoms with Crippen LogP contribution in [0.5, 0.6) is 23.0 Å². The van der Waals surface area contributed by atoms with Crippen LogP contribution < -0.4 is 9.78 Å². The fraction of sp³-hybridized carbons (Fsp3) is 0.143. The quantitative estimate of drug-likeness (QED) is 0.643. The number of para-hydroxylation sites is 3. The topological polar surface area (TPSA) is 58.9 Å². The van der Waals surface area contributed by atoms with Crippen molar-refractivity contribution in [1.29, 1.82) is 0 Å². The van der Waals surface area contributed by atoms with Crippen molar-refractivity contribution in [3.8, 4) is 23.0 Å². The number of hydrogen-bond donors (Lipinski definition) is 2. The van der Waals surface area contributed by atoms with Crippen molar-refractivity contribution < 1.29 is 20.0 Å². The minimum absolute atomic E-state index is 0.00442. The first-order chi connectivity index (χ1) is 8.72. The molecule has 0 aliphatic carbocycles. The second kappa shape index (κ2) is 5.31. The van der Waals surface area contributed by atoms with Crippen molar-refractivity contribution in [2.24, 2.45) is 0 Å². The second-order valence-electron chi connectivity index (χ2n) is 3.75. The summed E-state index contributed by atoms with van der Waals surface area (Å²) in [6.07, 6.45) is 0.702. The number of phenolic OH excluding ortho intramolecular Hbond substituents is 2. The van der Waals surface area contributed by atoms with Crippen LogP contribution in [-0.4, -0.2) is 10.2 Å². The molecule has 0 atom stereocenters. The normalized spacial score (nSPS) is 10.1. The molecule has 0 aliphatic heterocycles. The zero-order valence-electron chi connectivity index (χ0n) is 9.96. The monoisotopic (exact) mass is 246 g/mol. The fourth-order valence-corrected chi connectivity index (χ4v) is 1.56. The summed E-state index contributed by atoms with van der Waals surface area (Å²) < 4.78 is 0. The van der Waals surface area contributed by atoms with Crippen LogP contribution in [-0.2, 0) is 6.42 Å². The van der Waals surface area contributed by atoms with Crippen molar-refractivity contribution in [3.05, 3.63) is 48.0 Å². The van der Waals surface area contributed by atoms with Crippen LogP contribution in [0, 0.1) is 0 Å².